The van der Waals surface area contributed by atoms with Gasteiger partial charge in [0.25, 0.3) is 0 Å². The number of rotatable bonds is 4. The number of nitrogens with zero attached hydrogens (tertiary/aromatic N) is 4. The van der Waals surface area contributed by atoms with Gasteiger partial charge in [-0.3, -0.25) is 4.40 Å². The number of fused-ring (bicyclic) bond motifs is 1. The van der Waals surface area contributed by atoms with Crippen molar-refractivity contribution in [3.63, 3.8) is 0 Å². The van der Waals surface area contributed by atoms with Crippen molar-refractivity contribution in [2.45, 2.75) is 6.92 Å². The van der Waals surface area contributed by atoms with Crippen LogP contribution in [0.15, 0.2) is 58.9 Å². The van der Waals surface area contributed by atoms with Crippen LogP contribution in [0.2, 0.25) is 0 Å². The van der Waals surface area contributed by atoms with Crippen molar-refractivity contribution in [2.24, 2.45) is 10.2 Å². The highest BCUT2D eigenvalue weighted by Crippen LogP contribution is 2.26. The van der Waals surface area contributed by atoms with Crippen LogP contribution >= 0.6 is 0 Å². The third-order valence-electron chi connectivity index (χ3n) is 3.06. The molecule has 2 aromatic heterocycles. The van der Waals surface area contributed by atoms with Crippen LogP contribution in [-0.4, -0.2) is 27.1 Å². The number of carbonyl (C=O) groups is 1. The van der Waals surface area contributed by atoms with E-state index in [1.807, 2.05) is 6.07 Å². The van der Waals surface area contributed by atoms with Crippen molar-refractivity contribution in [3.8, 4) is 5.75 Å². The Kier molecular flexibility index (Phi) is 4.01. The maximum atomic E-state index is 12.1. The molecule has 0 aliphatic carbocycles. The number of azo groups is 1. The molecule has 0 amide bonds. The molecule has 0 aliphatic heterocycles. The lowest BCUT2D eigenvalue weighted by atomic mass is 10.3. The minimum atomic E-state index is -0.555. The number of esters is 1. The first-order valence-electron chi connectivity index (χ1n) is 7.04. The average Bonchev–Trinajstić information content (AvgIpc) is 2.92. The van der Waals surface area contributed by atoms with Gasteiger partial charge in [0.05, 0.1) is 12.3 Å². The number of carbonyl (C=O) groups excluding carboxylic acids is 1. The fraction of sp³-hybridized carbons (Fsp3) is 0.125. The predicted octanol–water partition coefficient (Wildman–Crippen LogP) is 3.63. The first kappa shape index (κ1) is 14.7. The number of ether oxygens (including phenoxy) is 1. The van der Waals surface area contributed by atoms with E-state index in [9.17, 15) is 9.90 Å². The molecule has 0 saturated heterocycles. The summed E-state index contributed by atoms with van der Waals surface area (Å²) in [7, 11) is 0. The van der Waals surface area contributed by atoms with Gasteiger partial charge in [0, 0.05) is 12.3 Å². The Labute approximate surface area is 131 Å². The fourth-order valence-electron chi connectivity index (χ4n) is 2.08. The molecule has 0 spiro atoms. The lowest BCUT2D eigenvalue weighted by Gasteiger charge is -1.99. The van der Waals surface area contributed by atoms with Crippen molar-refractivity contribution < 1.29 is 14.6 Å². The average molecular weight is 310 g/mol. The number of benzene rings is 1. The summed E-state index contributed by atoms with van der Waals surface area (Å²) in [5.41, 5.74) is 1.13. The monoisotopic (exact) mass is 310 g/mol. The van der Waals surface area contributed by atoms with Crippen molar-refractivity contribution in [3.05, 3.63) is 54.4 Å². The minimum Gasteiger partial charge on any atom is -0.508 e. The van der Waals surface area contributed by atoms with Gasteiger partial charge in [-0.25, -0.2) is 9.78 Å². The van der Waals surface area contributed by atoms with Crippen molar-refractivity contribution in [1.82, 2.24) is 9.38 Å². The predicted molar refractivity (Wildman–Crippen MR) is 83.4 cm³/mol. The second-order valence-electron chi connectivity index (χ2n) is 4.65. The molecule has 3 rings (SSSR count). The summed E-state index contributed by atoms with van der Waals surface area (Å²) < 4.78 is 6.66. The Morgan fingerprint density at radius 2 is 2.13 bits per heavy atom. The zero-order chi connectivity index (χ0) is 16.2. The number of pyridine rings is 1. The van der Waals surface area contributed by atoms with Gasteiger partial charge >= 0.3 is 5.97 Å². The molecule has 2 heterocycles. The molecule has 0 atom stereocenters. The molecule has 0 aliphatic rings. The van der Waals surface area contributed by atoms with E-state index in [4.69, 9.17) is 4.74 Å². The lowest BCUT2D eigenvalue weighted by Crippen LogP contribution is -2.05. The van der Waals surface area contributed by atoms with Gasteiger partial charge in [0.15, 0.2) is 11.5 Å². The number of aromatic nitrogens is 2. The van der Waals surface area contributed by atoms with Gasteiger partial charge in [-0.2, -0.15) is 0 Å². The van der Waals surface area contributed by atoms with Crippen LogP contribution in [-0.2, 0) is 4.74 Å². The van der Waals surface area contributed by atoms with Gasteiger partial charge in [-0.15, -0.1) is 10.2 Å². The fourth-order valence-corrected chi connectivity index (χ4v) is 2.08. The van der Waals surface area contributed by atoms with Gasteiger partial charge in [-0.05, 0) is 31.2 Å². The van der Waals surface area contributed by atoms with E-state index >= 15 is 0 Å². The Morgan fingerprint density at radius 3 is 2.91 bits per heavy atom. The van der Waals surface area contributed by atoms with Crippen LogP contribution < -0.4 is 0 Å². The third kappa shape index (κ3) is 3.03. The number of hydrogen-bond acceptors (Lipinski definition) is 6. The highest BCUT2D eigenvalue weighted by molar-refractivity contribution is 5.93. The number of imidazole rings is 1. The zero-order valence-corrected chi connectivity index (χ0v) is 12.4. The molecule has 1 aromatic carbocycles. The molecule has 7 nitrogen and oxygen atoms in total. The van der Waals surface area contributed by atoms with E-state index in [0.717, 1.165) is 0 Å². The second-order valence-corrected chi connectivity index (χ2v) is 4.65. The molecule has 0 bridgehead atoms. The third-order valence-corrected chi connectivity index (χ3v) is 3.06. The summed E-state index contributed by atoms with van der Waals surface area (Å²) >= 11 is 0. The quantitative estimate of drug-likeness (QED) is 0.588. The molecule has 0 saturated carbocycles. The zero-order valence-electron chi connectivity index (χ0n) is 12.4. The van der Waals surface area contributed by atoms with Crippen LogP contribution in [0.1, 0.15) is 17.4 Å². The molecule has 0 fully saturated rings. The summed E-state index contributed by atoms with van der Waals surface area (Å²) in [5.74, 6) is -0.186. The maximum absolute atomic E-state index is 12.1. The number of aromatic hydroxyl groups is 1. The van der Waals surface area contributed by atoms with Crippen LogP contribution in [0, 0.1) is 0 Å². The first-order valence-corrected chi connectivity index (χ1v) is 7.04. The smallest absolute Gasteiger partial charge is 0.360 e. The van der Waals surface area contributed by atoms with E-state index in [2.05, 4.69) is 15.2 Å². The standard InChI is InChI=1S/C16H14N4O3/c1-2-23-16(22)14-15(20-9-4-3-8-13(20)17-14)19-18-11-6-5-7-12(21)10-11/h3-10,21H,2H2,1H3. The van der Waals surface area contributed by atoms with Gasteiger partial charge in [-0.1, -0.05) is 12.1 Å². The molecule has 7 heteroatoms. The van der Waals surface area contributed by atoms with Crippen LogP contribution in [0.25, 0.3) is 5.65 Å². The molecule has 0 unspecified atom stereocenters. The van der Waals surface area contributed by atoms with E-state index in [-0.39, 0.29) is 23.9 Å². The Morgan fingerprint density at radius 1 is 1.26 bits per heavy atom. The molecule has 23 heavy (non-hydrogen) atoms. The Bertz CT molecular complexity index is 886. The number of phenolic OH excluding ortho intramolecular Hbond substituents is 1. The van der Waals surface area contributed by atoms with Gasteiger partial charge < -0.3 is 9.84 Å². The van der Waals surface area contributed by atoms with Gasteiger partial charge in [0.2, 0.25) is 0 Å². The van der Waals surface area contributed by atoms with E-state index in [1.54, 1.807) is 41.8 Å². The summed E-state index contributed by atoms with van der Waals surface area (Å²) in [5, 5.41) is 17.6. The summed E-state index contributed by atoms with van der Waals surface area (Å²) in [6.45, 7) is 1.97. The molecule has 116 valence electrons. The number of phenols is 1. The van der Waals surface area contributed by atoms with Crippen LogP contribution in [0.3, 0.4) is 0 Å². The summed E-state index contributed by atoms with van der Waals surface area (Å²) in [4.78, 5) is 16.3. The summed E-state index contributed by atoms with van der Waals surface area (Å²) in [6, 6.07) is 11.7. The van der Waals surface area contributed by atoms with Crippen molar-refractivity contribution in [1.29, 1.82) is 0 Å². The highest BCUT2D eigenvalue weighted by atomic mass is 16.5. The highest BCUT2D eigenvalue weighted by Gasteiger charge is 2.20. The van der Waals surface area contributed by atoms with E-state index in [0.29, 0.717) is 11.3 Å². The summed E-state index contributed by atoms with van der Waals surface area (Å²) in [6.07, 6.45) is 1.74. The van der Waals surface area contributed by atoms with E-state index in [1.165, 1.54) is 12.1 Å². The Hall–Kier alpha value is -3.22. The first-order chi connectivity index (χ1) is 11.2. The SMILES string of the molecule is CCOC(=O)c1nc2ccccn2c1N=Nc1cccc(O)c1. The molecular formula is C16H14N4O3. The number of hydrogen-bond donors (Lipinski definition) is 1. The molecule has 1 N–H and O–H groups in total. The largest absolute Gasteiger partial charge is 0.508 e. The Balaban J connectivity index is 2.07. The van der Waals surface area contributed by atoms with Crippen LogP contribution in [0.5, 0.6) is 5.75 Å². The van der Waals surface area contributed by atoms with E-state index < -0.39 is 5.97 Å². The molecule has 3 aromatic rings. The topological polar surface area (TPSA) is 88.5 Å². The maximum Gasteiger partial charge on any atom is 0.360 e. The van der Waals surface area contributed by atoms with Gasteiger partial charge in [0.1, 0.15) is 11.4 Å². The van der Waals surface area contributed by atoms with Crippen LogP contribution in [0.4, 0.5) is 11.5 Å². The van der Waals surface area contributed by atoms with Crippen molar-refractivity contribution in [2.75, 3.05) is 6.61 Å². The normalized spacial score (nSPS) is 11.2. The van der Waals surface area contributed by atoms with Crippen molar-refractivity contribution >= 4 is 23.1 Å². The minimum absolute atomic E-state index is 0.0882. The lowest BCUT2D eigenvalue weighted by molar-refractivity contribution is 0.0521. The molecule has 0 radical (unpaired) electrons. The second kappa shape index (κ2) is 6.27. The molecular weight excluding hydrogens is 296 g/mol.